The SMILES string of the molecule is CCNCC1CCN(CC)C1. The van der Waals surface area contributed by atoms with Gasteiger partial charge >= 0.3 is 0 Å². The molecular formula is C9H20N2. The van der Waals surface area contributed by atoms with Crippen LogP contribution in [-0.2, 0) is 0 Å². The highest BCUT2D eigenvalue weighted by Crippen LogP contribution is 2.14. The molecule has 1 aliphatic heterocycles. The monoisotopic (exact) mass is 156 g/mol. The van der Waals surface area contributed by atoms with Crippen molar-refractivity contribution < 1.29 is 0 Å². The van der Waals surface area contributed by atoms with E-state index in [2.05, 4.69) is 24.1 Å². The van der Waals surface area contributed by atoms with E-state index >= 15 is 0 Å². The van der Waals surface area contributed by atoms with Crippen molar-refractivity contribution >= 4 is 0 Å². The van der Waals surface area contributed by atoms with Crippen LogP contribution in [0.15, 0.2) is 0 Å². The molecule has 66 valence electrons. The lowest BCUT2D eigenvalue weighted by atomic mass is 10.1. The summed E-state index contributed by atoms with van der Waals surface area (Å²) in [7, 11) is 0. The Morgan fingerprint density at radius 2 is 2.27 bits per heavy atom. The second kappa shape index (κ2) is 4.73. The maximum absolute atomic E-state index is 3.41. The quantitative estimate of drug-likeness (QED) is 0.651. The van der Waals surface area contributed by atoms with Crippen molar-refractivity contribution in [1.29, 1.82) is 0 Å². The Labute approximate surface area is 70.0 Å². The molecule has 0 aromatic carbocycles. The fraction of sp³-hybridized carbons (Fsp3) is 1.00. The van der Waals surface area contributed by atoms with Gasteiger partial charge in [-0.15, -0.1) is 0 Å². The summed E-state index contributed by atoms with van der Waals surface area (Å²) >= 11 is 0. The van der Waals surface area contributed by atoms with Crippen molar-refractivity contribution in [1.82, 2.24) is 10.2 Å². The van der Waals surface area contributed by atoms with Gasteiger partial charge in [-0.05, 0) is 38.5 Å². The van der Waals surface area contributed by atoms with Crippen molar-refractivity contribution in [3.8, 4) is 0 Å². The van der Waals surface area contributed by atoms with Gasteiger partial charge in [0.25, 0.3) is 0 Å². The molecule has 0 aromatic rings. The second-order valence-electron chi connectivity index (χ2n) is 3.36. The molecule has 1 fully saturated rings. The van der Waals surface area contributed by atoms with E-state index in [4.69, 9.17) is 0 Å². The molecule has 2 heteroatoms. The summed E-state index contributed by atoms with van der Waals surface area (Å²) in [4.78, 5) is 2.53. The predicted octanol–water partition coefficient (Wildman–Crippen LogP) is 0.938. The number of rotatable bonds is 4. The number of hydrogen-bond acceptors (Lipinski definition) is 2. The van der Waals surface area contributed by atoms with Crippen LogP contribution in [0, 0.1) is 5.92 Å². The first kappa shape index (κ1) is 9.01. The molecule has 0 spiro atoms. The first-order chi connectivity index (χ1) is 5.36. The molecule has 0 radical (unpaired) electrons. The fourth-order valence-electron chi connectivity index (χ4n) is 1.72. The number of hydrogen-bond donors (Lipinski definition) is 1. The zero-order valence-corrected chi connectivity index (χ0v) is 7.77. The number of nitrogens with one attached hydrogen (secondary N) is 1. The van der Waals surface area contributed by atoms with E-state index in [1.54, 1.807) is 0 Å². The second-order valence-corrected chi connectivity index (χ2v) is 3.36. The predicted molar refractivity (Wildman–Crippen MR) is 48.8 cm³/mol. The first-order valence-electron chi connectivity index (χ1n) is 4.79. The molecule has 2 nitrogen and oxygen atoms in total. The zero-order chi connectivity index (χ0) is 8.10. The zero-order valence-electron chi connectivity index (χ0n) is 7.77. The summed E-state index contributed by atoms with van der Waals surface area (Å²) in [6.45, 7) is 10.6. The lowest BCUT2D eigenvalue weighted by Gasteiger charge is -2.12. The number of nitrogens with zero attached hydrogens (tertiary/aromatic N) is 1. The maximum atomic E-state index is 3.41. The largest absolute Gasteiger partial charge is 0.317 e. The fourth-order valence-corrected chi connectivity index (χ4v) is 1.72. The van der Waals surface area contributed by atoms with Crippen LogP contribution in [0.1, 0.15) is 20.3 Å². The van der Waals surface area contributed by atoms with Crippen molar-refractivity contribution in [3.05, 3.63) is 0 Å². The van der Waals surface area contributed by atoms with Gasteiger partial charge in [-0.2, -0.15) is 0 Å². The lowest BCUT2D eigenvalue weighted by Crippen LogP contribution is -2.26. The molecule has 1 rings (SSSR count). The van der Waals surface area contributed by atoms with Gasteiger partial charge in [0, 0.05) is 6.54 Å². The van der Waals surface area contributed by atoms with Crippen LogP contribution in [0.3, 0.4) is 0 Å². The third-order valence-corrected chi connectivity index (χ3v) is 2.50. The van der Waals surface area contributed by atoms with Crippen LogP contribution in [0.25, 0.3) is 0 Å². The molecule has 0 saturated carbocycles. The molecule has 0 amide bonds. The standard InChI is InChI=1S/C9H20N2/c1-3-10-7-9-5-6-11(4-2)8-9/h9-10H,3-8H2,1-2H3. The minimum Gasteiger partial charge on any atom is -0.317 e. The Morgan fingerprint density at radius 3 is 2.82 bits per heavy atom. The van der Waals surface area contributed by atoms with Crippen molar-refractivity contribution in [3.63, 3.8) is 0 Å². The van der Waals surface area contributed by atoms with Gasteiger partial charge < -0.3 is 10.2 Å². The van der Waals surface area contributed by atoms with Gasteiger partial charge in [0.15, 0.2) is 0 Å². The highest BCUT2D eigenvalue weighted by atomic mass is 15.1. The Hall–Kier alpha value is -0.0800. The van der Waals surface area contributed by atoms with Crippen LogP contribution in [0.4, 0.5) is 0 Å². The van der Waals surface area contributed by atoms with Crippen LogP contribution >= 0.6 is 0 Å². The minimum atomic E-state index is 0.912. The lowest BCUT2D eigenvalue weighted by molar-refractivity contribution is 0.339. The van der Waals surface area contributed by atoms with Crippen molar-refractivity contribution in [2.75, 3.05) is 32.7 Å². The average molecular weight is 156 g/mol. The van der Waals surface area contributed by atoms with Crippen molar-refractivity contribution in [2.45, 2.75) is 20.3 Å². The van der Waals surface area contributed by atoms with Gasteiger partial charge in [0.2, 0.25) is 0 Å². The molecule has 0 aromatic heterocycles. The van der Waals surface area contributed by atoms with E-state index in [9.17, 15) is 0 Å². The molecule has 1 N–H and O–H groups in total. The Morgan fingerprint density at radius 1 is 1.45 bits per heavy atom. The molecule has 1 aliphatic rings. The van der Waals surface area contributed by atoms with Gasteiger partial charge in [-0.3, -0.25) is 0 Å². The first-order valence-corrected chi connectivity index (χ1v) is 4.79. The van der Waals surface area contributed by atoms with Gasteiger partial charge in [0.1, 0.15) is 0 Å². The van der Waals surface area contributed by atoms with Crippen LogP contribution < -0.4 is 5.32 Å². The molecular weight excluding hydrogens is 136 g/mol. The Balaban J connectivity index is 2.09. The van der Waals surface area contributed by atoms with Gasteiger partial charge in [-0.1, -0.05) is 13.8 Å². The third-order valence-electron chi connectivity index (χ3n) is 2.50. The summed E-state index contributed by atoms with van der Waals surface area (Å²) in [5.41, 5.74) is 0. The molecule has 0 bridgehead atoms. The Kier molecular flexibility index (Phi) is 3.87. The summed E-state index contributed by atoms with van der Waals surface area (Å²) in [6.07, 6.45) is 1.39. The summed E-state index contributed by atoms with van der Waals surface area (Å²) in [6, 6.07) is 0. The van der Waals surface area contributed by atoms with E-state index in [1.807, 2.05) is 0 Å². The number of likely N-dealkylation sites (tertiary alicyclic amines) is 1. The minimum absolute atomic E-state index is 0.912. The maximum Gasteiger partial charge on any atom is 0.00222 e. The normalized spacial score (nSPS) is 26.2. The smallest absolute Gasteiger partial charge is 0.00222 e. The van der Waals surface area contributed by atoms with Crippen LogP contribution in [0.2, 0.25) is 0 Å². The summed E-state index contributed by atoms with van der Waals surface area (Å²) < 4.78 is 0. The molecule has 0 aliphatic carbocycles. The third kappa shape index (κ3) is 2.80. The van der Waals surface area contributed by atoms with Gasteiger partial charge in [0.05, 0.1) is 0 Å². The van der Waals surface area contributed by atoms with E-state index in [1.165, 1.54) is 32.6 Å². The molecule has 1 saturated heterocycles. The summed E-state index contributed by atoms with van der Waals surface area (Å²) in [5.74, 6) is 0.912. The van der Waals surface area contributed by atoms with E-state index in [0.717, 1.165) is 12.5 Å². The molecule has 1 unspecified atom stereocenters. The Bertz CT molecular complexity index is 104. The van der Waals surface area contributed by atoms with E-state index in [-0.39, 0.29) is 0 Å². The van der Waals surface area contributed by atoms with Gasteiger partial charge in [-0.25, -0.2) is 0 Å². The topological polar surface area (TPSA) is 15.3 Å². The van der Waals surface area contributed by atoms with Crippen LogP contribution in [0.5, 0.6) is 0 Å². The van der Waals surface area contributed by atoms with Crippen molar-refractivity contribution in [2.24, 2.45) is 5.92 Å². The highest BCUT2D eigenvalue weighted by Gasteiger charge is 2.19. The summed E-state index contributed by atoms with van der Waals surface area (Å²) in [5, 5.41) is 3.41. The average Bonchev–Trinajstić information content (AvgIpc) is 2.48. The molecule has 1 atom stereocenters. The van der Waals surface area contributed by atoms with E-state index in [0.29, 0.717) is 0 Å². The molecule has 1 heterocycles. The molecule has 11 heavy (non-hydrogen) atoms. The van der Waals surface area contributed by atoms with Crippen LogP contribution in [-0.4, -0.2) is 37.6 Å². The van der Waals surface area contributed by atoms with E-state index < -0.39 is 0 Å². The highest BCUT2D eigenvalue weighted by molar-refractivity contribution is 4.75.